The maximum absolute atomic E-state index is 5.86. The number of hydrogen-bond donors (Lipinski definition) is 1. The highest BCUT2D eigenvalue weighted by Crippen LogP contribution is 2.26. The van der Waals surface area contributed by atoms with Crippen LogP contribution in [0, 0.1) is 6.92 Å². The maximum Gasteiger partial charge on any atom is 0.321 e. The first-order valence-electron chi connectivity index (χ1n) is 4.66. The van der Waals surface area contributed by atoms with Crippen molar-refractivity contribution in [1.29, 1.82) is 0 Å². The van der Waals surface area contributed by atoms with Crippen molar-refractivity contribution in [2.24, 2.45) is 0 Å². The highest BCUT2D eigenvalue weighted by atomic mass is 35.5. The van der Waals surface area contributed by atoms with Gasteiger partial charge in [0.05, 0.1) is 10.7 Å². The fourth-order valence-corrected chi connectivity index (χ4v) is 1.28. The van der Waals surface area contributed by atoms with Crippen molar-refractivity contribution in [2.45, 2.75) is 6.92 Å². The summed E-state index contributed by atoms with van der Waals surface area (Å²) < 4.78 is 5.41. The van der Waals surface area contributed by atoms with Gasteiger partial charge in [0.1, 0.15) is 5.75 Å². The standard InChI is InChI=1S/C11H10ClN3O/c1-7-5-14-11(15-6-7)16-8-2-3-10(13)9(12)4-8/h2-6H,13H2,1H3. The lowest BCUT2D eigenvalue weighted by Gasteiger charge is -2.05. The Morgan fingerprint density at radius 3 is 2.56 bits per heavy atom. The molecule has 4 nitrogen and oxygen atoms in total. The van der Waals surface area contributed by atoms with E-state index in [0.29, 0.717) is 16.5 Å². The number of nitrogens with two attached hydrogens (primary N) is 1. The van der Waals surface area contributed by atoms with Crippen LogP contribution in [-0.4, -0.2) is 9.97 Å². The molecular formula is C11H10ClN3O. The molecule has 2 aromatic rings. The normalized spacial score (nSPS) is 10.1. The molecule has 0 radical (unpaired) electrons. The average molecular weight is 236 g/mol. The van der Waals surface area contributed by atoms with Crippen molar-refractivity contribution in [3.8, 4) is 11.8 Å². The van der Waals surface area contributed by atoms with E-state index in [-0.39, 0.29) is 6.01 Å². The van der Waals surface area contributed by atoms with Gasteiger partial charge in [-0.15, -0.1) is 0 Å². The van der Waals surface area contributed by atoms with Crippen LogP contribution >= 0.6 is 11.6 Å². The quantitative estimate of drug-likeness (QED) is 0.813. The van der Waals surface area contributed by atoms with Crippen LogP contribution in [0.3, 0.4) is 0 Å². The Kier molecular flexibility index (Phi) is 2.92. The zero-order valence-corrected chi connectivity index (χ0v) is 9.40. The van der Waals surface area contributed by atoms with E-state index in [2.05, 4.69) is 9.97 Å². The molecule has 0 saturated heterocycles. The second kappa shape index (κ2) is 4.37. The smallest absolute Gasteiger partial charge is 0.321 e. The molecule has 0 amide bonds. The molecule has 0 unspecified atom stereocenters. The van der Waals surface area contributed by atoms with E-state index < -0.39 is 0 Å². The van der Waals surface area contributed by atoms with Gasteiger partial charge in [0.2, 0.25) is 0 Å². The molecule has 16 heavy (non-hydrogen) atoms. The molecule has 1 aromatic heterocycles. The number of aromatic nitrogens is 2. The van der Waals surface area contributed by atoms with E-state index in [4.69, 9.17) is 22.1 Å². The predicted molar refractivity (Wildman–Crippen MR) is 62.7 cm³/mol. The van der Waals surface area contributed by atoms with Crippen LogP contribution in [0.5, 0.6) is 11.8 Å². The number of ether oxygens (including phenoxy) is 1. The first kappa shape index (κ1) is 10.7. The minimum atomic E-state index is 0.284. The maximum atomic E-state index is 5.86. The van der Waals surface area contributed by atoms with Gasteiger partial charge in [-0.1, -0.05) is 11.6 Å². The number of benzene rings is 1. The Bertz CT molecular complexity index is 499. The number of nitrogens with zero attached hydrogens (tertiary/aromatic N) is 2. The second-order valence-electron chi connectivity index (χ2n) is 3.33. The van der Waals surface area contributed by atoms with Crippen LogP contribution in [0.2, 0.25) is 5.02 Å². The van der Waals surface area contributed by atoms with Gasteiger partial charge in [-0.2, -0.15) is 0 Å². The van der Waals surface area contributed by atoms with Gasteiger partial charge >= 0.3 is 6.01 Å². The Hall–Kier alpha value is -1.81. The van der Waals surface area contributed by atoms with Gasteiger partial charge in [0.15, 0.2) is 0 Å². The number of anilines is 1. The molecule has 0 saturated carbocycles. The highest BCUT2D eigenvalue weighted by Gasteiger charge is 2.02. The highest BCUT2D eigenvalue weighted by molar-refractivity contribution is 6.33. The first-order valence-corrected chi connectivity index (χ1v) is 5.04. The fourth-order valence-electron chi connectivity index (χ4n) is 1.11. The molecule has 2 rings (SSSR count). The van der Waals surface area contributed by atoms with Crippen molar-refractivity contribution >= 4 is 17.3 Å². The summed E-state index contributed by atoms with van der Waals surface area (Å²) in [7, 11) is 0. The van der Waals surface area contributed by atoms with Crippen LogP contribution in [0.4, 0.5) is 5.69 Å². The lowest BCUT2D eigenvalue weighted by molar-refractivity contribution is 0.441. The monoisotopic (exact) mass is 235 g/mol. The lowest BCUT2D eigenvalue weighted by Crippen LogP contribution is -1.93. The molecule has 1 heterocycles. The summed E-state index contributed by atoms with van der Waals surface area (Å²) in [6.45, 7) is 1.91. The summed E-state index contributed by atoms with van der Waals surface area (Å²) in [6.07, 6.45) is 3.36. The number of hydrogen-bond acceptors (Lipinski definition) is 4. The summed E-state index contributed by atoms with van der Waals surface area (Å²) in [6, 6.07) is 5.29. The Morgan fingerprint density at radius 1 is 1.25 bits per heavy atom. The van der Waals surface area contributed by atoms with Gasteiger partial charge in [-0.05, 0) is 24.6 Å². The summed E-state index contributed by atoms with van der Waals surface area (Å²) in [5.74, 6) is 0.558. The number of aryl methyl sites for hydroxylation is 1. The van der Waals surface area contributed by atoms with E-state index >= 15 is 0 Å². The predicted octanol–water partition coefficient (Wildman–Crippen LogP) is 2.81. The van der Waals surface area contributed by atoms with E-state index in [9.17, 15) is 0 Å². The Labute approximate surface area is 98.0 Å². The molecule has 2 N–H and O–H groups in total. The second-order valence-corrected chi connectivity index (χ2v) is 3.74. The number of nitrogen functional groups attached to an aromatic ring is 1. The van der Waals surface area contributed by atoms with E-state index in [1.165, 1.54) is 0 Å². The van der Waals surface area contributed by atoms with Crippen LogP contribution in [-0.2, 0) is 0 Å². The van der Waals surface area contributed by atoms with E-state index in [1.807, 2.05) is 6.92 Å². The van der Waals surface area contributed by atoms with Crippen molar-refractivity contribution in [2.75, 3.05) is 5.73 Å². The molecule has 82 valence electrons. The summed E-state index contributed by atoms with van der Waals surface area (Å²) in [4.78, 5) is 8.04. The van der Waals surface area contributed by atoms with Crippen LogP contribution in [0.1, 0.15) is 5.56 Å². The molecule has 0 aliphatic carbocycles. The molecule has 0 fully saturated rings. The third-order valence-electron chi connectivity index (χ3n) is 1.94. The van der Waals surface area contributed by atoms with Crippen LogP contribution < -0.4 is 10.5 Å². The van der Waals surface area contributed by atoms with Crippen molar-refractivity contribution in [3.63, 3.8) is 0 Å². The van der Waals surface area contributed by atoms with Crippen LogP contribution in [0.25, 0.3) is 0 Å². The third-order valence-corrected chi connectivity index (χ3v) is 2.27. The Balaban J connectivity index is 2.20. The topological polar surface area (TPSA) is 61.0 Å². The molecule has 0 spiro atoms. The van der Waals surface area contributed by atoms with E-state index in [1.54, 1.807) is 30.6 Å². The molecule has 0 bridgehead atoms. The van der Waals surface area contributed by atoms with Gasteiger partial charge in [0, 0.05) is 18.5 Å². The van der Waals surface area contributed by atoms with Crippen molar-refractivity contribution in [3.05, 3.63) is 41.2 Å². The van der Waals surface area contributed by atoms with Gasteiger partial charge in [-0.3, -0.25) is 0 Å². The van der Waals surface area contributed by atoms with Gasteiger partial charge in [-0.25, -0.2) is 9.97 Å². The largest absolute Gasteiger partial charge is 0.424 e. The third kappa shape index (κ3) is 2.41. The Morgan fingerprint density at radius 2 is 1.94 bits per heavy atom. The lowest BCUT2D eigenvalue weighted by atomic mass is 10.3. The summed E-state index contributed by atoms with van der Waals surface area (Å²) >= 11 is 5.86. The molecule has 0 aliphatic rings. The SMILES string of the molecule is Cc1cnc(Oc2ccc(N)c(Cl)c2)nc1. The minimum absolute atomic E-state index is 0.284. The number of rotatable bonds is 2. The fraction of sp³-hybridized carbons (Fsp3) is 0.0909. The van der Waals surface area contributed by atoms with Gasteiger partial charge in [0.25, 0.3) is 0 Å². The van der Waals surface area contributed by atoms with Crippen LogP contribution in [0.15, 0.2) is 30.6 Å². The minimum Gasteiger partial charge on any atom is -0.424 e. The molecule has 0 atom stereocenters. The van der Waals surface area contributed by atoms with Crippen molar-refractivity contribution < 1.29 is 4.74 Å². The first-order chi connectivity index (χ1) is 7.65. The molecule has 1 aromatic carbocycles. The van der Waals surface area contributed by atoms with Gasteiger partial charge < -0.3 is 10.5 Å². The van der Waals surface area contributed by atoms with E-state index in [0.717, 1.165) is 5.56 Å². The van der Waals surface area contributed by atoms with Crippen molar-refractivity contribution in [1.82, 2.24) is 9.97 Å². The summed E-state index contributed by atoms with van der Waals surface area (Å²) in [5, 5.41) is 0.449. The molecular weight excluding hydrogens is 226 g/mol. The number of halogens is 1. The molecule has 0 aliphatic heterocycles. The summed E-state index contributed by atoms with van der Waals surface area (Å²) in [5.41, 5.74) is 7.07. The molecule has 5 heteroatoms. The average Bonchev–Trinajstić information content (AvgIpc) is 2.27. The zero-order valence-electron chi connectivity index (χ0n) is 8.64. The zero-order chi connectivity index (χ0) is 11.5.